The first-order valence-electron chi connectivity index (χ1n) is 19.8. The van der Waals surface area contributed by atoms with E-state index in [1.54, 1.807) is 0 Å². The van der Waals surface area contributed by atoms with Gasteiger partial charge >= 0.3 is 0 Å². The van der Waals surface area contributed by atoms with Crippen LogP contribution in [0.5, 0.6) is 0 Å². The molecule has 6 heteroatoms. The smallest absolute Gasteiger partial charge is 0.160 e. The molecule has 0 spiro atoms. The number of rotatable bonds is 6. The maximum atomic E-state index is 10.7. The summed E-state index contributed by atoms with van der Waals surface area (Å²) >= 11 is 0. The van der Waals surface area contributed by atoms with E-state index in [4.69, 9.17) is 9.97 Å². The summed E-state index contributed by atoms with van der Waals surface area (Å²) in [6.07, 6.45) is 0. The van der Waals surface area contributed by atoms with E-state index in [9.17, 15) is 10.5 Å². The molecule has 8 aromatic carbocycles. The number of fused-ring (bicyclic) bond motifs is 7. The van der Waals surface area contributed by atoms with Gasteiger partial charge in [0.25, 0.3) is 0 Å². The summed E-state index contributed by atoms with van der Waals surface area (Å²) in [5.41, 5.74) is 12.7. The highest BCUT2D eigenvalue weighted by Crippen LogP contribution is 2.43. The van der Waals surface area contributed by atoms with E-state index < -0.39 is 0 Å². The van der Waals surface area contributed by atoms with Crippen molar-refractivity contribution in [2.75, 3.05) is 0 Å². The molecule has 0 fully saturated rings. The summed E-state index contributed by atoms with van der Waals surface area (Å²) in [5.74, 6) is 0.438. The number of aromatic nitrogens is 4. The second-order valence-electron chi connectivity index (χ2n) is 14.8. The Morgan fingerprint density at radius 1 is 0.400 bits per heavy atom. The zero-order valence-corrected chi connectivity index (χ0v) is 32.2. The minimum absolute atomic E-state index is 0.400. The van der Waals surface area contributed by atoms with Crippen molar-refractivity contribution in [3.8, 4) is 68.5 Å². The molecule has 0 radical (unpaired) electrons. The van der Waals surface area contributed by atoms with Crippen molar-refractivity contribution >= 4 is 43.6 Å². The van der Waals surface area contributed by atoms with Crippen LogP contribution in [0.4, 0.5) is 0 Å². The summed E-state index contributed by atoms with van der Waals surface area (Å²) in [4.78, 5) is 9.96. The van der Waals surface area contributed by atoms with Crippen LogP contribution in [0.15, 0.2) is 194 Å². The number of nitriles is 2. The van der Waals surface area contributed by atoms with Gasteiger partial charge in [-0.05, 0) is 59.7 Å². The van der Waals surface area contributed by atoms with E-state index in [1.165, 1.54) is 10.8 Å². The molecular weight excluding hydrogens is 733 g/mol. The van der Waals surface area contributed by atoms with Gasteiger partial charge in [0.2, 0.25) is 0 Å². The molecular formula is C54H32N6. The average molecular weight is 765 g/mol. The molecule has 0 saturated heterocycles. The highest BCUT2D eigenvalue weighted by molar-refractivity contribution is 6.26. The predicted molar refractivity (Wildman–Crippen MR) is 242 cm³/mol. The maximum Gasteiger partial charge on any atom is 0.160 e. The first-order valence-corrected chi connectivity index (χ1v) is 19.8. The first-order chi connectivity index (χ1) is 29.7. The van der Waals surface area contributed by atoms with Crippen LogP contribution in [-0.4, -0.2) is 19.1 Å². The summed E-state index contributed by atoms with van der Waals surface area (Å²) in [6.45, 7) is 0. The van der Waals surface area contributed by atoms with E-state index >= 15 is 0 Å². The molecule has 0 amide bonds. The Morgan fingerprint density at radius 2 is 0.967 bits per heavy atom. The molecule has 11 aromatic rings. The highest BCUT2D eigenvalue weighted by Gasteiger charge is 2.23. The number of benzene rings is 8. The fourth-order valence-electron chi connectivity index (χ4n) is 8.76. The zero-order chi connectivity index (χ0) is 40.2. The topological polar surface area (TPSA) is 83.2 Å². The number of hydrogen-bond acceptors (Lipinski definition) is 4. The molecule has 3 heterocycles. The molecule has 0 unspecified atom stereocenters. The van der Waals surface area contributed by atoms with Gasteiger partial charge in [0, 0.05) is 49.6 Å². The Balaban J connectivity index is 1.12. The molecule has 278 valence electrons. The molecule has 11 rings (SSSR count). The van der Waals surface area contributed by atoms with Gasteiger partial charge in [0.05, 0.1) is 45.1 Å². The van der Waals surface area contributed by atoms with E-state index in [2.05, 4.69) is 130 Å². The van der Waals surface area contributed by atoms with Crippen molar-refractivity contribution in [3.63, 3.8) is 0 Å². The lowest BCUT2D eigenvalue weighted by Crippen LogP contribution is -2.01. The number of para-hydroxylation sites is 3. The van der Waals surface area contributed by atoms with Crippen LogP contribution < -0.4 is 0 Å². The molecule has 0 N–H and O–H groups in total. The zero-order valence-electron chi connectivity index (χ0n) is 32.2. The molecule has 0 saturated carbocycles. The van der Waals surface area contributed by atoms with Crippen molar-refractivity contribution < 1.29 is 0 Å². The van der Waals surface area contributed by atoms with Crippen LogP contribution in [0.25, 0.3) is 100 Å². The molecule has 0 aliphatic heterocycles. The van der Waals surface area contributed by atoms with Crippen LogP contribution in [0.2, 0.25) is 0 Å². The van der Waals surface area contributed by atoms with Crippen LogP contribution in [-0.2, 0) is 0 Å². The van der Waals surface area contributed by atoms with Gasteiger partial charge in [0.1, 0.15) is 11.6 Å². The van der Waals surface area contributed by atoms with Gasteiger partial charge in [-0.3, -0.25) is 0 Å². The Labute approximate surface area is 345 Å². The number of hydrogen-bond donors (Lipinski definition) is 0. The quantitative estimate of drug-likeness (QED) is 0.169. The third-order valence-corrected chi connectivity index (χ3v) is 11.4. The fourth-order valence-corrected chi connectivity index (χ4v) is 8.76. The molecule has 6 nitrogen and oxygen atoms in total. The predicted octanol–water partition coefficient (Wildman–Crippen LogP) is 13.1. The minimum Gasteiger partial charge on any atom is -0.309 e. The summed E-state index contributed by atoms with van der Waals surface area (Å²) in [5, 5.41) is 25.8. The van der Waals surface area contributed by atoms with Gasteiger partial charge in [-0.2, -0.15) is 10.5 Å². The lowest BCUT2D eigenvalue weighted by atomic mass is 9.96. The SMILES string of the molecule is N#Cc1cc(-c2nc(-c3ccccc3)c(C#N)c(-c3ccccc3)n2)ccc1-c1ccc2c3ccc4c(c5ccccc5n4-c4ccccc4)c3n(-c3ccccc3)c2c1. The highest BCUT2D eigenvalue weighted by atomic mass is 15.0. The molecule has 0 atom stereocenters. The Morgan fingerprint density at radius 3 is 1.60 bits per heavy atom. The second-order valence-corrected chi connectivity index (χ2v) is 14.8. The maximum absolute atomic E-state index is 10.7. The second kappa shape index (κ2) is 14.1. The number of nitrogens with zero attached hydrogens (tertiary/aromatic N) is 6. The van der Waals surface area contributed by atoms with Crippen LogP contribution in [0.1, 0.15) is 11.1 Å². The largest absolute Gasteiger partial charge is 0.309 e. The van der Waals surface area contributed by atoms with Crippen molar-refractivity contribution in [1.29, 1.82) is 10.5 Å². The van der Waals surface area contributed by atoms with Gasteiger partial charge < -0.3 is 9.13 Å². The molecule has 60 heavy (non-hydrogen) atoms. The van der Waals surface area contributed by atoms with Crippen molar-refractivity contribution in [1.82, 2.24) is 19.1 Å². The fraction of sp³-hybridized carbons (Fsp3) is 0. The van der Waals surface area contributed by atoms with E-state index in [1.807, 2.05) is 84.9 Å². The van der Waals surface area contributed by atoms with Gasteiger partial charge in [-0.25, -0.2) is 9.97 Å². The van der Waals surface area contributed by atoms with Crippen LogP contribution >= 0.6 is 0 Å². The normalized spacial score (nSPS) is 11.3. The Kier molecular flexibility index (Phi) is 8.15. The Bertz CT molecular complexity index is 3480. The summed E-state index contributed by atoms with van der Waals surface area (Å²) in [7, 11) is 0. The van der Waals surface area contributed by atoms with E-state index in [0.29, 0.717) is 33.9 Å². The van der Waals surface area contributed by atoms with Gasteiger partial charge in [0.15, 0.2) is 5.82 Å². The van der Waals surface area contributed by atoms with Crippen molar-refractivity contribution in [3.05, 3.63) is 205 Å². The monoisotopic (exact) mass is 764 g/mol. The lowest BCUT2D eigenvalue weighted by Gasteiger charge is -2.13. The van der Waals surface area contributed by atoms with Crippen LogP contribution in [0.3, 0.4) is 0 Å². The third-order valence-electron chi connectivity index (χ3n) is 11.4. The van der Waals surface area contributed by atoms with E-state index in [-0.39, 0.29) is 0 Å². The third kappa shape index (κ3) is 5.48. The van der Waals surface area contributed by atoms with Gasteiger partial charge in [-0.15, -0.1) is 0 Å². The molecule has 0 bridgehead atoms. The van der Waals surface area contributed by atoms with Crippen molar-refractivity contribution in [2.45, 2.75) is 0 Å². The van der Waals surface area contributed by atoms with Gasteiger partial charge in [-0.1, -0.05) is 146 Å². The van der Waals surface area contributed by atoms with Crippen LogP contribution in [0, 0.1) is 22.7 Å². The first kappa shape index (κ1) is 34.7. The minimum atomic E-state index is 0.400. The lowest BCUT2D eigenvalue weighted by molar-refractivity contribution is 1.17. The molecule has 3 aromatic heterocycles. The standard InChI is InChI=1S/C54H32N6/c55-33-39-31-38(54-57-51(35-15-5-1-6-16-35)46(34-56)52(58-54)36-17-7-2-8-18-36)26-27-42(39)37-25-28-43-44-29-30-48-50(53(44)60(49(43)32-37)41-21-11-4-12-22-41)45-23-13-14-24-47(45)59(48)40-19-9-3-10-20-40/h1-32H. The average Bonchev–Trinajstić information content (AvgIpc) is 3.84. The molecule has 0 aliphatic carbocycles. The Hall–Kier alpha value is -8.58. The molecule has 0 aliphatic rings. The summed E-state index contributed by atoms with van der Waals surface area (Å²) < 4.78 is 4.73. The summed E-state index contributed by atoms with van der Waals surface area (Å²) in [6, 6.07) is 70.8. The van der Waals surface area contributed by atoms with Crippen molar-refractivity contribution in [2.24, 2.45) is 0 Å². The van der Waals surface area contributed by atoms with E-state index in [0.717, 1.165) is 66.5 Å².